The van der Waals surface area contributed by atoms with Gasteiger partial charge in [-0.05, 0) is 36.4 Å². The third kappa shape index (κ3) is 4.45. The van der Waals surface area contributed by atoms with E-state index in [0.717, 1.165) is 0 Å². The Hall–Kier alpha value is -3.22. The molecule has 1 saturated heterocycles. The first-order chi connectivity index (χ1) is 14.9. The van der Waals surface area contributed by atoms with Gasteiger partial charge in [0.1, 0.15) is 17.7 Å². The lowest BCUT2D eigenvalue weighted by molar-refractivity contribution is -0.0242. The molecule has 1 aliphatic heterocycles. The van der Waals surface area contributed by atoms with Gasteiger partial charge in [0.15, 0.2) is 5.78 Å². The van der Waals surface area contributed by atoms with Gasteiger partial charge in [0, 0.05) is 33.8 Å². The second-order valence-electron chi connectivity index (χ2n) is 7.20. The molecule has 1 fully saturated rings. The second-order valence-corrected chi connectivity index (χ2v) is 7.61. The van der Waals surface area contributed by atoms with Gasteiger partial charge in [0.25, 0.3) is 5.91 Å². The number of rotatable bonds is 4. The zero-order chi connectivity index (χ0) is 22.0. The molecule has 0 saturated carbocycles. The van der Waals surface area contributed by atoms with E-state index in [1.54, 1.807) is 47.4 Å². The molecule has 0 radical (unpaired) electrons. The monoisotopic (exact) mass is 439 g/mol. The summed E-state index contributed by atoms with van der Waals surface area (Å²) < 4.78 is 19.9. The summed E-state index contributed by atoms with van der Waals surface area (Å²) >= 11 is 6.14. The minimum Gasteiger partial charge on any atom is -0.508 e. The first-order valence-electron chi connectivity index (χ1n) is 9.72. The van der Waals surface area contributed by atoms with Crippen LogP contribution in [0.15, 0.2) is 66.7 Å². The molecule has 1 unspecified atom stereocenters. The Morgan fingerprint density at radius 1 is 1.00 bits per heavy atom. The SMILES string of the molecule is O=C(c1ccc(C(=O)N2CCOC(c3c(F)cccc3Cl)C2)cc1)c1cccc(O)c1. The minimum absolute atomic E-state index is 0.00877. The van der Waals surface area contributed by atoms with Gasteiger partial charge in [0.05, 0.1) is 13.2 Å². The van der Waals surface area contributed by atoms with E-state index in [2.05, 4.69) is 0 Å². The van der Waals surface area contributed by atoms with Crippen LogP contribution in [0.2, 0.25) is 5.02 Å². The van der Waals surface area contributed by atoms with E-state index < -0.39 is 11.9 Å². The maximum absolute atomic E-state index is 14.3. The maximum atomic E-state index is 14.3. The maximum Gasteiger partial charge on any atom is 0.254 e. The number of hydrogen-bond acceptors (Lipinski definition) is 4. The van der Waals surface area contributed by atoms with E-state index in [1.807, 2.05) is 0 Å². The van der Waals surface area contributed by atoms with Gasteiger partial charge in [0.2, 0.25) is 0 Å². The van der Waals surface area contributed by atoms with E-state index in [0.29, 0.717) is 23.2 Å². The van der Waals surface area contributed by atoms with Crippen LogP contribution in [0.1, 0.15) is 37.9 Å². The average molecular weight is 440 g/mol. The molecule has 1 heterocycles. The first kappa shape index (κ1) is 21.0. The zero-order valence-electron chi connectivity index (χ0n) is 16.4. The number of halogens is 2. The summed E-state index contributed by atoms with van der Waals surface area (Å²) in [5, 5.41) is 9.82. The molecule has 1 amide bonds. The Balaban J connectivity index is 1.50. The lowest BCUT2D eigenvalue weighted by Crippen LogP contribution is -2.42. The molecule has 4 rings (SSSR count). The highest BCUT2D eigenvalue weighted by Crippen LogP contribution is 2.31. The fourth-order valence-electron chi connectivity index (χ4n) is 3.59. The molecule has 3 aromatic carbocycles. The molecular weight excluding hydrogens is 421 g/mol. The highest BCUT2D eigenvalue weighted by atomic mass is 35.5. The van der Waals surface area contributed by atoms with Crippen LogP contribution in [0.3, 0.4) is 0 Å². The van der Waals surface area contributed by atoms with Gasteiger partial charge in [-0.1, -0.05) is 41.9 Å². The normalized spacial score (nSPS) is 16.2. The minimum atomic E-state index is -0.655. The van der Waals surface area contributed by atoms with Crippen LogP contribution in [-0.2, 0) is 4.74 Å². The predicted molar refractivity (Wildman–Crippen MR) is 114 cm³/mol. The van der Waals surface area contributed by atoms with E-state index >= 15 is 0 Å². The highest BCUT2D eigenvalue weighted by molar-refractivity contribution is 6.31. The average Bonchev–Trinajstić information content (AvgIpc) is 2.78. The Labute approximate surface area is 183 Å². The number of amides is 1. The number of nitrogens with zero attached hydrogens (tertiary/aromatic N) is 1. The summed E-state index contributed by atoms with van der Waals surface area (Å²) in [5.41, 5.74) is 1.42. The Morgan fingerprint density at radius 2 is 1.71 bits per heavy atom. The van der Waals surface area contributed by atoms with E-state index in [-0.39, 0.29) is 41.2 Å². The van der Waals surface area contributed by atoms with Gasteiger partial charge in [-0.3, -0.25) is 9.59 Å². The van der Waals surface area contributed by atoms with Crippen molar-refractivity contribution in [2.75, 3.05) is 19.7 Å². The quantitative estimate of drug-likeness (QED) is 0.602. The standard InChI is InChI=1S/C24H19ClFNO4/c25-19-5-2-6-20(26)22(19)21-14-27(11-12-31-21)24(30)16-9-7-15(8-10-16)23(29)17-3-1-4-18(28)13-17/h1-10,13,21,28H,11-12,14H2. The molecule has 0 aromatic heterocycles. The van der Waals surface area contributed by atoms with Crippen LogP contribution in [-0.4, -0.2) is 41.4 Å². The summed E-state index contributed by atoms with van der Waals surface area (Å²) in [6, 6.07) is 16.8. The number of aromatic hydroxyl groups is 1. The van der Waals surface area contributed by atoms with Crippen LogP contribution in [0.5, 0.6) is 5.75 Å². The fourth-order valence-corrected chi connectivity index (χ4v) is 3.87. The molecule has 1 atom stereocenters. The summed E-state index contributed by atoms with van der Waals surface area (Å²) in [6.07, 6.45) is -0.655. The van der Waals surface area contributed by atoms with Crippen LogP contribution in [0.4, 0.5) is 4.39 Å². The van der Waals surface area contributed by atoms with Crippen molar-refractivity contribution >= 4 is 23.3 Å². The van der Waals surface area contributed by atoms with Crippen molar-refractivity contribution in [1.82, 2.24) is 4.90 Å². The number of ketones is 1. The first-order valence-corrected chi connectivity index (χ1v) is 10.1. The number of ether oxygens (including phenoxy) is 1. The van der Waals surface area contributed by atoms with Gasteiger partial charge in [-0.2, -0.15) is 0 Å². The highest BCUT2D eigenvalue weighted by Gasteiger charge is 2.29. The van der Waals surface area contributed by atoms with Crippen molar-refractivity contribution in [3.63, 3.8) is 0 Å². The predicted octanol–water partition coefficient (Wildman–Crippen LogP) is 4.63. The molecule has 1 aliphatic rings. The van der Waals surface area contributed by atoms with Crippen molar-refractivity contribution < 1.29 is 23.8 Å². The fraction of sp³-hybridized carbons (Fsp3) is 0.167. The molecule has 7 heteroatoms. The number of benzene rings is 3. The molecule has 0 aliphatic carbocycles. The second kappa shape index (κ2) is 8.88. The number of hydrogen-bond donors (Lipinski definition) is 1. The summed E-state index contributed by atoms with van der Waals surface area (Å²) in [5.74, 6) is -0.955. The largest absolute Gasteiger partial charge is 0.508 e. The molecule has 31 heavy (non-hydrogen) atoms. The molecule has 1 N–H and O–H groups in total. The van der Waals surface area contributed by atoms with Crippen molar-refractivity contribution in [1.29, 1.82) is 0 Å². The van der Waals surface area contributed by atoms with Crippen molar-refractivity contribution in [2.24, 2.45) is 0 Å². The van der Waals surface area contributed by atoms with Crippen LogP contribution in [0, 0.1) is 5.82 Å². The number of phenolic OH excluding ortho intramolecular Hbond substituents is 1. The topological polar surface area (TPSA) is 66.8 Å². The third-order valence-electron chi connectivity index (χ3n) is 5.18. The molecule has 0 spiro atoms. The lowest BCUT2D eigenvalue weighted by atomic mass is 10.0. The zero-order valence-corrected chi connectivity index (χ0v) is 17.2. The third-order valence-corrected chi connectivity index (χ3v) is 5.51. The number of morpholine rings is 1. The smallest absolute Gasteiger partial charge is 0.254 e. The van der Waals surface area contributed by atoms with E-state index in [1.165, 1.54) is 24.3 Å². The number of phenols is 1. The Kier molecular flexibility index (Phi) is 6.02. The number of carbonyl (C=O) groups excluding carboxylic acids is 2. The van der Waals surface area contributed by atoms with Gasteiger partial charge in [-0.15, -0.1) is 0 Å². The molecular formula is C24H19ClFNO4. The molecule has 5 nitrogen and oxygen atoms in total. The Bertz CT molecular complexity index is 1110. The lowest BCUT2D eigenvalue weighted by Gasteiger charge is -2.33. The molecule has 0 bridgehead atoms. The molecule has 3 aromatic rings. The van der Waals surface area contributed by atoms with Crippen LogP contribution >= 0.6 is 11.6 Å². The van der Waals surface area contributed by atoms with Gasteiger partial charge in [-0.25, -0.2) is 4.39 Å². The van der Waals surface area contributed by atoms with E-state index in [9.17, 15) is 19.1 Å². The summed E-state index contributed by atoms with van der Waals surface area (Å²) in [6.45, 7) is 0.796. The molecule has 158 valence electrons. The van der Waals surface area contributed by atoms with Crippen molar-refractivity contribution in [3.05, 3.63) is 99.8 Å². The Morgan fingerprint density at radius 3 is 2.42 bits per heavy atom. The number of carbonyl (C=O) groups is 2. The van der Waals surface area contributed by atoms with Crippen molar-refractivity contribution in [3.8, 4) is 5.75 Å². The van der Waals surface area contributed by atoms with Gasteiger partial charge < -0.3 is 14.7 Å². The van der Waals surface area contributed by atoms with Crippen molar-refractivity contribution in [2.45, 2.75) is 6.10 Å². The van der Waals surface area contributed by atoms with Crippen LogP contribution in [0.25, 0.3) is 0 Å². The summed E-state index contributed by atoms with van der Waals surface area (Å²) in [4.78, 5) is 27.1. The van der Waals surface area contributed by atoms with Crippen LogP contribution < -0.4 is 0 Å². The van der Waals surface area contributed by atoms with Gasteiger partial charge >= 0.3 is 0 Å². The summed E-state index contributed by atoms with van der Waals surface area (Å²) in [7, 11) is 0. The van der Waals surface area contributed by atoms with E-state index in [4.69, 9.17) is 16.3 Å².